The molecule has 0 fully saturated rings. The monoisotopic (exact) mass is 270 g/mol. The first-order valence-electron chi connectivity index (χ1n) is 4.31. The fourth-order valence-corrected chi connectivity index (χ4v) is 1.05. The Morgan fingerprint density at radius 1 is 1.47 bits per heavy atom. The van der Waals surface area contributed by atoms with E-state index in [0.717, 1.165) is 12.3 Å². The number of rotatable bonds is 3. The van der Waals surface area contributed by atoms with Crippen molar-refractivity contribution in [2.24, 2.45) is 5.73 Å². The lowest BCUT2D eigenvalue weighted by Gasteiger charge is -2.08. The van der Waals surface area contributed by atoms with Crippen LogP contribution in [0.25, 0.3) is 0 Å². The second-order valence-corrected chi connectivity index (χ2v) is 3.20. The summed E-state index contributed by atoms with van der Waals surface area (Å²) in [6, 6.07) is 0.821. The topological polar surface area (TPSA) is 76.2 Å². The molecule has 1 aromatic rings. The predicted molar refractivity (Wildman–Crippen MR) is 55.8 cm³/mol. The first-order chi connectivity index (χ1) is 7.30. The molecule has 0 aliphatic rings. The first-order valence-corrected chi connectivity index (χ1v) is 4.31. The molecule has 0 aliphatic heterocycles. The number of aromatic nitrogens is 1. The van der Waals surface area contributed by atoms with Crippen LogP contribution in [0, 0.1) is 0 Å². The number of carboxylic acid groups (broad SMARTS) is 1. The average Bonchev–Trinajstić information content (AvgIpc) is 2.17. The number of nitrogens with zero attached hydrogens (tertiary/aromatic N) is 1. The molecule has 0 saturated heterocycles. The van der Waals surface area contributed by atoms with Crippen molar-refractivity contribution in [2.75, 3.05) is 0 Å². The molecule has 4 nitrogen and oxygen atoms in total. The van der Waals surface area contributed by atoms with E-state index in [-0.39, 0.29) is 18.8 Å². The highest BCUT2D eigenvalue weighted by molar-refractivity contribution is 5.85. The normalized spacial score (nSPS) is 12.7. The molecular formula is C9H10ClF3N2O2. The molecule has 0 aliphatic carbocycles. The van der Waals surface area contributed by atoms with Gasteiger partial charge in [0.1, 0.15) is 11.7 Å². The van der Waals surface area contributed by atoms with Crippen LogP contribution in [-0.2, 0) is 17.4 Å². The van der Waals surface area contributed by atoms with E-state index in [4.69, 9.17) is 10.8 Å². The number of carbonyl (C=O) groups is 1. The lowest BCUT2D eigenvalue weighted by atomic mass is 10.1. The standard InChI is InChI=1S/C9H9F3N2O2.ClH/c10-9(11,12)7-2-1-5(4-14-7)3-6(13)8(15)16;/h1-2,4,6H,3,13H2,(H,15,16);1H/t6-;/m1./s1. The molecule has 0 amide bonds. The molecule has 1 heterocycles. The van der Waals surface area contributed by atoms with Crippen LogP contribution in [0.2, 0.25) is 0 Å². The quantitative estimate of drug-likeness (QED) is 0.872. The second-order valence-electron chi connectivity index (χ2n) is 3.20. The van der Waals surface area contributed by atoms with Crippen molar-refractivity contribution in [1.29, 1.82) is 0 Å². The Bertz CT molecular complexity index is 381. The van der Waals surface area contributed by atoms with Gasteiger partial charge in [-0.25, -0.2) is 0 Å². The van der Waals surface area contributed by atoms with Gasteiger partial charge in [0.05, 0.1) is 0 Å². The lowest BCUT2D eigenvalue weighted by molar-refractivity contribution is -0.141. The number of carboxylic acids is 1. The third kappa shape index (κ3) is 4.58. The molecule has 0 radical (unpaired) electrons. The van der Waals surface area contributed by atoms with Crippen molar-refractivity contribution < 1.29 is 23.1 Å². The molecule has 0 saturated carbocycles. The maximum absolute atomic E-state index is 12.1. The van der Waals surface area contributed by atoms with Crippen LogP contribution >= 0.6 is 12.4 Å². The number of pyridine rings is 1. The van der Waals surface area contributed by atoms with Crippen LogP contribution in [0.1, 0.15) is 11.3 Å². The molecule has 0 aromatic carbocycles. The smallest absolute Gasteiger partial charge is 0.433 e. The summed E-state index contributed by atoms with van der Waals surface area (Å²) in [5.74, 6) is -1.21. The Hall–Kier alpha value is -1.34. The van der Waals surface area contributed by atoms with Crippen molar-refractivity contribution in [3.05, 3.63) is 29.6 Å². The molecule has 0 bridgehead atoms. The van der Waals surface area contributed by atoms with Gasteiger partial charge in [0.2, 0.25) is 0 Å². The highest BCUT2D eigenvalue weighted by Crippen LogP contribution is 2.27. The van der Waals surface area contributed by atoms with Crippen LogP contribution in [0.5, 0.6) is 0 Å². The molecule has 1 atom stereocenters. The zero-order chi connectivity index (χ0) is 12.3. The molecule has 8 heteroatoms. The minimum Gasteiger partial charge on any atom is -0.480 e. The number of aliphatic carboxylic acids is 1. The SMILES string of the molecule is Cl.N[C@H](Cc1ccc(C(F)(F)F)nc1)C(=O)O. The summed E-state index contributed by atoms with van der Waals surface area (Å²) in [5, 5.41) is 8.50. The maximum atomic E-state index is 12.1. The van der Waals surface area contributed by atoms with Gasteiger partial charge in [-0.15, -0.1) is 12.4 Å². The Kier molecular flexibility index (Phi) is 5.37. The van der Waals surface area contributed by atoms with Gasteiger partial charge in [-0.05, 0) is 18.1 Å². The van der Waals surface area contributed by atoms with E-state index in [1.165, 1.54) is 6.07 Å². The highest BCUT2D eigenvalue weighted by atomic mass is 35.5. The van der Waals surface area contributed by atoms with E-state index < -0.39 is 23.9 Å². The largest absolute Gasteiger partial charge is 0.480 e. The Labute approximate surface area is 101 Å². The van der Waals surface area contributed by atoms with E-state index in [0.29, 0.717) is 5.56 Å². The molecule has 3 N–H and O–H groups in total. The van der Waals surface area contributed by atoms with Crippen molar-refractivity contribution in [3.63, 3.8) is 0 Å². The number of hydrogen-bond acceptors (Lipinski definition) is 3. The molecule has 0 unspecified atom stereocenters. The molecule has 1 rings (SSSR count). The van der Waals surface area contributed by atoms with Gasteiger partial charge in [0.25, 0.3) is 0 Å². The summed E-state index contributed by atoms with van der Waals surface area (Å²) in [7, 11) is 0. The van der Waals surface area contributed by atoms with Gasteiger partial charge in [-0.3, -0.25) is 9.78 Å². The average molecular weight is 271 g/mol. The van der Waals surface area contributed by atoms with Gasteiger partial charge in [-0.1, -0.05) is 6.07 Å². The van der Waals surface area contributed by atoms with Gasteiger partial charge in [-0.2, -0.15) is 13.2 Å². The third-order valence-corrected chi connectivity index (χ3v) is 1.89. The minimum absolute atomic E-state index is 0. The van der Waals surface area contributed by atoms with E-state index in [2.05, 4.69) is 4.98 Å². The fourth-order valence-electron chi connectivity index (χ4n) is 1.05. The molecule has 17 heavy (non-hydrogen) atoms. The first kappa shape index (κ1) is 15.7. The van der Waals surface area contributed by atoms with Crippen LogP contribution in [-0.4, -0.2) is 22.1 Å². The highest BCUT2D eigenvalue weighted by Gasteiger charge is 2.32. The zero-order valence-electron chi connectivity index (χ0n) is 8.44. The Morgan fingerprint density at radius 2 is 2.06 bits per heavy atom. The number of alkyl halides is 3. The van der Waals surface area contributed by atoms with Crippen molar-refractivity contribution in [3.8, 4) is 0 Å². The predicted octanol–water partition coefficient (Wildman–Crippen LogP) is 1.48. The fraction of sp³-hybridized carbons (Fsp3) is 0.333. The number of halogens is 4. The van der Waals surface area contributed by atoms with E-state index in [1.54, 1.807) is 0 Å². The molecule has 96 valence electrons. The number of nitrogens with two attached hydrogens (primary N) is 1. The maximum Gasteiger partial charge on any atom is 0.433 e. The van der Waals surface area contributed by atoms with Gasteiger partial charge < -0.3 is 10.8 Å². The van der Waals surface area contributed by atoms with Crippen LogP contribution < -0.4 is 5.73 Å². The summed E-state index contributed by atoms with van der Waals surface area (Å²) in [6.07, 6.45) is -3.57. The molecular weight excluding hydrogens is 261 g/mol. The zero-order valence-corrected chi connectivity index (χ0v) is 9.26. The van der Waals surface area contributed by atoms with Crippen LogP contribution in [0.15, 0.2) is 18.3 Å². The van der Waals surface area contributed by atoms with Gasteiger partial charge >= 0.3 is 12.1 Å². The van der Waals surface area contributed by atoms with Crippen molar-refractivity contribution in [2.45, 2.75) is 18.6 Å². The van der Waals surface area contributed by atoms with Crippen molar-refractivity contribution in [1.82, 2.24) is 4.98 Å². The minimum atomic E-state index is -4.49. The Morgan fingerprint density at radius 3 is 2.41 bits per heavy atom. The summed E-state index contributed by atoms with van der Waals surface area (Å²) < 4.78 is 36.4. The van der Waals surface area contributed by atoms with E-state index in [9.17, 15) is 18.0 Å². The summed E-state index contributed by atoms with van der Waals surface area (Å²) in [6.45, 7) is 0. The number of hydrogen-bond donors (Lipinski definition) is 2. The third-order valence-electron chi connectivity index (χ3n) is 1.89. The van der Waals surface area contributed by atoms with Crippen molar-refractivity contribution >= 4 is 18.4 Å². The summed E-state index contributed by atoms with van der Waals surface area (Å²) in [5.41, 5.74) is 4.56. The Balaban J connectivity index is 0.00000256. The van der Waals surface area contributed by atoms with Crippen LogP contribution in [0.4, 0.5) is 13.2 Å². The summed E-state index contributed by atoms with van der Waals surface area (Å²) >= 11 is 0. The molecule has 0 spiro atoms. The van der Waals surface area contributed by atoms with E-state index >= 15 is 0 Å². The van der Waals surface area contributed by atoms with Gasteiger partial charge in [0, 0.05) is 6.20 Å². The second kappa shape index (κ2) is 5.83. The van der Waals surface area contributed by atoms with Crippen LogP contribution in [0.3, 0.4) is 0 Å². The lowest BCUT2D eigenvalue weighted by Crippen LogP contribution is -2.32. The molecule has 1 aromatic heterocycles. The van der Waals surface area contributed by atoms with Gasteiger partial charge in [0.15, 0.2) is 0 Å². The summed E-state index contributed by atoms with van der Waals surface area (Å²) in [4.78, 5) is 13.6. The van der Waals surface area contributed by atoms with E-state index in [1.807, 2.05) is 0 Å².